The second-order valence-electron chi connectivity index (χ2n) is 22.4. The minimum Gasteiger partial charge on any atom is -0.756 e. The average molecular weight is 1060 g/mol. The van der Waals surface area contributed by atoms with E-state index in [0.717, 1.165) is 70.6 Å². The summed E-state index contributed by atoms with van der Waals surface area (Å²) in [4.78, 5) is 25.6. The molecule has 0 saturated carbocycles. The average Bonchev–Trinajstić information content (AvgIpc) is 3.36. The Balaban J connectivity index is 4.13. The molecule has 0 aromatic heterocycles. The zero-order valence-corrected chi connectivity index (χ0v) is 50.2. The zero-order chi connectivity index (χ0) is 54.2. The molecule has 0 aromatic carbocycles. The van der Waals surface area contributed by atoms with Crippen molar-refractivity contribution in [3.05, 3.63) is 72.9 Å². The van der Waals surface area contributed by atoms with Crippen LogP contribution in [0.4, 0.5) is 0 Å². The molecule has 3 atom stereocenters. The van der Waals surface area contributed by atoms with Crippen LogP contribution in [0, 0.1) is 0 Å². The number of nitrogens with one attached hydrogen (secondary N) is 1. The number of amides is 1. The fraction of sp³-hybridized carbons (Fsp3) is 0.800. The van der Waals surface area contributed by atoms with Gasteiger partial charge in [-0.15, -0.1) is 0 Å². The van der Waals surface area contributed by atoms with E-state index in [9.17, 15) is 19.4 Å². The third kappa shape index (κ3) is 57.6. The minimum absolute atomic E-state index is 0.000305. The third-order valence-electron chi connectivity index (χ3n) is 14.0. The molecule has 0 spiro atoms. The number of quaternary nitrogens is 1. The molecule has 432 valence electrons. The number of nitrogens with zero attached hydrogens (tertiary/aromatic N) is 1. The first-order chi connectivity index (χ1) is 36.0. The van der Waals surface area contributed by atoms with E-state index >= 15 is 0 Å². The number of phosphoric ester groups is 1. The number of aliphatic hydroxyl groups excluding tert-OH is 1. The second-order valence-corrected chi connectivity index (χ2v) is 23.8. The van der Waals surface area contributed by atoms with Crippen molar-refractivity contribution in [3.8, 4) is 0 Å². The van der Waals surface area contributed by atoms with E-state index in [4.69, 9.17) is 9.05 Å². The number of aliphatic hydroxyl groups is 1. The summed E-state index contributed by atoms with van der Waals surface area (Å²) in [5, 5.41) is 14.0. The molecule has 0 radical (unpaired) electrons. The van der Waals surface area contributed by atoms with E-state index in [-0.39, 0.29) is 19.1 Å². The lowest BCUT2D eigenvalue weighted by molar-refractivity contribution is -0.870. The Morgan fingerprint density at radius 2 is 0.824 bits per heavy atom. The predicted molar refractivity (Wildman–Crippen MR) is 320 cm³/mol. The largest absolute Gasteiger partial charge is 0.756 e. The fourth-order valence-electron chi connectivity index (χ4n) is 9.10. The number of rotatable bonds is 57. The predicted octanol–water partition coefficient (Wildman–Crippen LogP) is 18.8. The van der Waals surface area contributed by atoms with Gasteiger partial charge in [0.1, 0.15) is 13.2 Å². The number of carbonyl (C=O) groups excluding carboxylic acids is 1. The summed E-state index contributed by atoms with van der Waals surface area (Å²) in [6, 6.07) is -0.830. The number of unbranched alkanes of at least 4 members (excludes halogenated alkanes) is 32. The zero-order valence-electron chi connectivity index (χ0n) is 49.3. The number of allylic oxidation sites excluding steroid dienone is 12. The molecular weight excluding hydrogens is 936 g/mol. The van der Waals surface area contributed by atoms with E-state index < -0.39 is 20.0 Å². The van der Waals surface area contributed by atoms with Gasteiger partial charge in [-0.05, 0) is 64.2 Å². The highest BCUT2D eigenvalue weighted by Gasteiger charge is 2.24. The Kier molecular flexibility index (Phi) is 54.1. The summed E-state index contributed by atoms with van der Waals surface area (Å²) in [5.41, 5.74) is 0. The van der Waals surface area contributed by atoms with Crippen molar-refractivity contribution in [2.45, 2.75) is 296 Å². The standard InChI is InChI=1S/C65H121N2O6P/c1-6-8-10-12-14-16-18-20-22-24-26-28-29-30-31-32-33-34-35-36-37-39-40-42-44-46-48-50-52-54-56-58-64(68)63(62-73-74(70,71)72-61-60-67(3,4)5)66-65(69)59-57-55-53-51-49-47-45-43-41-38-27-25-23-21-19-17-15-13-11-9-7-2/h9,11,15,17,21,23,27,38,43,45,49,51,63-64,68H,6-8,10,12-14,16,18-20,22,24-26,28-37,39-42,44,46-48,50,52-62H2,1-5H3,(H-,66,69,70,71)/b11-9-,17-15-,23-21-,38-27-,45-43-,51-49-. The van der Waals surface area contributed by atoms with Crippen molar-refractivity contribution in [1.82, 2.24) is 5.32 Å². The Bertz CT molecular complexity index is 1430. The molecule has 9 heteroatoms. The summed E-state index contributed by atoms with van der Waals surface area (Å²) in [6.45, 7) is 4.60. The molecule has 0 aromatic rings. The molecule has 74 heavy (non-hydrogen) atoms. The maximum atomic E-state index is 13.0. The van der Waals surface area contributed by atoms with Crippen LogP contribution in [0.15, 0.2) is 72.9 Å². The number of carbonyl (C=O) groups is 1. The summed E-state index contributed by atoms with van der Waals surface area (Å²) < 4.78 is 23.4. The maximum Gasteiger partial charge on any atom is 0.268 e. The third-order valence-corrected chi connectivity index (χ3v) is 14.9. The molecule has 3 unspecified atom stereocenters. The van der Waals surface area contributed by atoms with Crippen molar-refractivity contribution in [3.63, 3.8) is 0 Å². The molecule has 0 aliphatic carbocycles. The lowest BCUT2D eigenvalue weighted by Crippen LogP contribution is -2.46. The van der Waals surface area contributed by atoms with Crippen molar-refractivity contribution < 1.29 is 32.9 Å². The topological polar surface area (TPSA) is 108 Å². The monoisotopic (exact) mass is 1060 g/mol. The number of hydrogen-bond donors (Lipinski definition) is 2. The summed E-state index contributed by atoms with van der Waals surface area (Å²) in [5.74, 6) is -0.206. The van der Waals surface area contributed by atoms with Gasteiger partial charge in [0.25, 0.3) is 7.82 Å². The van der Waals surface area contributed by atoms with Crippen LogP contribution in [0.2, 0.25) is 0 Å². The van der Waals surface area contributed by atoms with Gasteiger partial charge in [-0.3, -0.25) is 9.36 Å². The van der Waals surface area contributed by atoms with Gasteiger partial charge < -0.3 is 28.8 Å². The van der Waals surface area contributed by atoms with Crippen molar-refractivity contribution in [2.75, 3.05) is 40.9 Å². The molecular formula is C65H121N2O6P. The van der Waals surface area contributed by atoms with Crippen LogP contribution < -0.4 is 10.2 Å². The molecule has 8 nitrogen and oxygen atoms in total. The molecule has 0 heterocycles. The van der Waals surface area contributed by atoms with Crippen molar-refractivity contribution in [2.24, 2.45) is 0 Å². The number of likely N-dealkylation sites (N-methyl/N-ethyl adjacent to an activating group) is 1. The van der Waals surface area contributed by atoms with Crippen molar-refractivity contribution >= 4 is 13.7 Å². The Labute approximate surface area is 459 Å². The van der Waals surface area contributed by atoms with Crippen LogP contribution in [0.3, 0.4) is 0 Å². The Hall–Kier alpha value is -2.06. The van der Waals surface area contributed by atoms with E-state index in [1.165, 1.54) is 180 Å². The van der Waals surface area contributed by atoms with E-state index in [0.29, 0.717) is 30.3 Å². The van der Waals surface area contributed by atoms with Crippen LogP contribution in [0.25, 0.3) is 0 Å². The van der Waals surface area contributed by atoms with Gasteiger partial charge in [0, 0.05) is 6.42 Å². The van der Waals surface area contributed by atoms with Crippen molar-refractivity contribution in [1.29, 1.82) is 0 Å². The van der Waals surface area contributed by atoms with Crippen LogP contribution in [0.5, 0.6) is 0 Å². The molecule has 0 bridgehead atoms. The van der Waals surface area contributed by atoms with Crippen LogP contribution in [-0.2, 0) is 18.4 Å². The summed E-state index contributed by atoms with van der Waals surface area (Å²) in [7, 11) is 1.27. The van der Waals surface area contributed by atoms with Gasteiger partial charge in [0.15, 0.2) is 0 Å². The van der Waals surface area contributed by atoms with Gasteiger partial charge in [0.05, 0.1) is 39.9 Å². The molecule has 0 saturated heterocycles. The first-order valence-corrected chi connectivity index (χ1v) is 32.7. The summed E-state index contributed by atoms with van der Waals surface area (Å²) in [6.07, 6.45) is 76.8. The van der Waals surface area contributed by atoms with E-state index in [1.807, 2.05) is 21.1 Å². The van der Waals surface area contributed by atoms with Crippen LogP contribution in [-0.4, -0.2) is 68.5 Å². The first kappa shape index (κ1) is 71.9. The quantitative estimate of drug-likeness (QED) is 0.0272. The first-order valence-electron chi connectivity index (χ1n) is 31.3. The number of hydrogen-bond acceptors (Lipinski definition) is 6. The fourth-order valence-corrected chi connectivity index (χ4v) is 9.83. The van der Waals surface area contributed by atoms with Gasteiger partial charge in [0.2, 0.25) is 5.91 Å². The molecule has 1 amide bonds. The van der Waals surface area contributed by atoms with Crippen LogP contribution in [0.1, 0.15) is 284 Å². The van der Waals surface area contributed by atoms with Gasteiger partial charge in [-0.1, -0.05) is 286 Å². The molecule has 0 aliphatic rings. The molecule has 0 rings (SSSR count). The Morgan fingerprint density at radius 1 is 0.486 bits per heavy atom. The number of phosphoric acid groups is 1. The van der Waals surface area contributed by atoms with E-state index in [1.54, 1.807) is 0 Å². The minimum atomic E-state index is -4.59. The van der Waals surface area contributed by atoms with Crippen LogP contribution >= 0.6 is 7.82 Å². The Morgan fingerprint density at radius 3 is 1.18 bits per heavy atom. The molecule has 2 N–H and O–H groups in total. The highest BCUT2D eigenvalue weighted by Crippen LogP contribution is 2.38. The van der Waals surface area contributed by atoms with Gasteiger partial charge in [-0.2, -0.15) is 0 Å². The smallest absolute Gasteiger partial charge is 0.268 e. The van der Waals surface area contributed by atoms with Gasteiger partial charge in [-0.25, -0.2) is 0 Å². The summed E-state index contributed by atoms with van der Waals surface area (Å²) >= 11 is 0. The second kappa shape index (κ2) is 55.7. The maximum absolute atomic E-state index is 13.0. The molecule has 0 aliphatic heterocycles. The normalized spacial score (nSPS) is 14.3. The SMILES string of the molecule is CC/C=C\C/C=C\C/C=C\C/C=C\C/C=C\C/C=C\CCCCC(=O)NC(COP(=O)([O-])OCC[N+](C)(C)C)C(O)CCCCCCCCCCCCCCCCCCCCCCCCCCCCCCCCC. The molecule has 0 fully saturated rings. The highest BCUT2D eigenvalue weighted by atomic mass is 31.2. The highest BCUT2D eigenvalue weighted by molar-refractivity contribution is 7.45. The lowest BCUT2D eigenvalue weighted by Gasteiger charge is -2.30. The van der Waals surface area contributed by atoms with E-state index in [2.05, 4.69) is 92.1 Å². The van der Waals surface area contributed by atoms with Gasteiger partial charge >= 0.3 is 0 Å². The lowest BCUT2D eigenvalue weighted by atomic mass is 10.0.